The average Bonchev–Trinajstić information content (AvgIpc) is 2.76. The first-order chi connectivity index (χ1) is 10.0. The van der Waals surface area contributed by atoms with Gasteiger partial charge < -0.3 is 30.1 Å². The zero-order chi connectivity index (χ0) is 15.4. The van der Waals surface area contributed by atoms with Crippen LogP contribution in [0.2, 0.25) is 0 Å². The molecule has 0 saturated carbocycles. The summed E-state index contributed by atoms with van der Waals surface area (Å²) in [6.07, 6.45) is -4.46. The Labute approximate surface area is 122 Å². The van der Waals surface area contributed by atoms with Gasteiger partial charge in [-0.3, -0.25) is 4.79 Å². The van der Waals surface area contributed by atoms with E-state index >= 15 is 0 Å². The van der Waals surface area contributed by atoms with Crippen molar-refractivity contribution in [1.29, 1.82) is 0 Å². The first kappa shape index (κ1) is 15.7. The Bertz CT molecular complexity index is 468. The maximum Gasteiger partial charge on any atom is 0.223 e. The molecule has 116 valence electrons. The average molecular weight is 297 g/mol. The van der Waals surface area contributed by atoms with Crippen LogP contribution in [0.25, 0.3) is 0 Å². The van der Waals surface area contributed by atoms with Crippen molar-refractivity contribution in [2.75, 3.05) is 6.61 Å². The van der Waals surface area contributed by atoms with E-state index in [4.69, 9.17) is 14.6 Å². The van der Waals surface area contributed by atoms with Crippen LogP contribution in [0, 0.1) is 0 Å². The predicted molar refractivity (Wildman–Crippen MR) is 72.4 cm³/mol. The predicted octanol–water partition coefficient (Wildman–Crippen LogP) is -0.991. The lowest BCUT2D eigenvalue weighted by Crippen LogP contribution is -2.50. The molecule has 0 aromatic heterocycles. The highest BCUT2D eigenvalue weighted by Crippen LogP contribution is 2.26. The van der Waals surface area contributed by atoms with Crippen molar-refractivity contribution < 1.29 is 29.6 Å². The molecule has 1 aromatic carbocycles. The number of nitrogens with one attached hydrogen (secondary N) is 1. The minimum Gasteiger partial charge on any atom is -0.463 e. The van der Waals surface area contributed by atoms with Crippen molar-refractivity contribution in [2.45, 2.75) is 37.6 Å². The molecule has 21 heavy (non-hydrogen) atoms. The molecule has 5 unspecified atom stereocenters. The second-order valence-corrected chi connectivity index (χ2v) is 4.87. The van der Waals surface area contributed by atoms with Crippen molar-refractivity contribution in [3.8, 4) is 5.75 Å². The highest BCUT2D eigenvalue weighted by molar-refractivity contribution is 5.73. The topological polar surface area (TPSA) is 108 Å². The van der Waals surface area contributed by atoms with E-state index in [9.17, 15) is 15.0 Å². The Morgan fingerprint density at radius 3 is 2.67 bits per heavy atom. The summed E-state index contributed by atoms with van der Waals surface area (Å²) in [4.78, 5) is 11.2. The lowest BCUT2D eigenvalue weighted by atomic mass is 10.0. The molecule has 0 bridgehead atoms. The summed E-state index contributed by atoms with van der Waals surface area (Å²) in [7, 11) is 0. The van der Waals surface area contributed by atoms with Crippen molar-refractivity contribution in [3.63, 3.8) is 0 Å². The van der Waals surface area contributed by atoms with Gasteiger partial charge in [-0.2, -0.15) is 0 Å². The lowest BCUT2D eigenvalue weighted by molar-refractivity contribution is -0.131. The van der Waals surface area contributed by atoms with Crippen molar-refractivity contribution in [2.24, 2.45) is 0 Å². The number of carbonyl (C=O) groups excluding carboxylic acids is 1. The van der Waals surface area contributed by atoms with E-state index < -0.39 is 37.3 Å². The van der Waals surface area contributed by atoms with Crippen LogP contribution in [-0.4, -0.2) is 58.5 Å². The van der Waals surface area contributed by atoms with Gasteiger partial charge in [-0.05, 0) is 12.1 Å². The molecule has 0 spiro atoms. The molecule has 7 heteroatoms. The molecule has 1 aliphatic rings. The standard InChI is InChI=1S/C14H19NO6/c1-8(17)15-11-12(19)13(10(18)7-16)21-14(11)20-9-5-3-2-4-6-9/h2-6,10-14,16,18-19H,7H2,1H3,(H,15,17). The third-order valence-electron chi connectivity index (χ3n) is 3.22. The lowest BCUT2D eigenvalue weighted by Gasteiger charge is -2.21. The molecular formula is C14H19NO6. The number of ether oxygens (including phenoxy) is 2. The van der Waals surface area contributed by atoms with E-state index in [1.807, 2.05) is 6.07 Å². The monoisotopic (exact) mass is 297 g/mol. The van der Waals surface area contributed by atoms with E-state index in [1.165, 1.54) is 6.92 Å². The number of amides is 1. The van der Waals surface area contributed by atoms with Gasteiger partial charge >= 0.3 is 0 Å². The highest BCUT2D eigenvalue weighted by Gasteiger charge is 2.48. The largest absolute Gasteiger partial charge is 0.463 e. The Morgan fingerprint density at radius 1 is 1.43 bits per heavy atom. The number of carbonyl (C=O) groups is 1. The van der Waals surface area contributed by atoms with Crippen LogP contribution in [-0.2, 0) is 9.53 Å². The molecule has 1 heterocycles. The number of para-hydroxylation sites is 1. The number of aliphatic hydroxyl groups is 3. The number of rotatable bonds is 5. The fourth-order valence-electron chi connectivity index (χ4n) is 2.23. The number of benzene rings is 1. The summed E-state index contributed by atoms with van der Waals surface area (Å²) in [6.45, 7) is 0.745. The third-order valence-corrected chi connectivity index (χ3v) is 3.22. The zero-order valence-electron chi connectivity index (χ0n) is 11.5. The molecular weight excluding hydrogens is 278 g/mol. The van der Waals surface area contributed by atoms with Gasteiger partial charge in [0.15, 0.2) is 0 Å². The summed E-state index contributed by atoms with van der Waals surface area (Å²) < 4.78 is 11.0. The Morgan fingerprint density at radius 2 is 2.10 bits per heavy atom. The fraction of sp³-hybridized carbons (Fsp3) is 0.500. The quantitative estimate of drug-likeness (QED) is 0.556. The molecule has 0 radical (unpaired) electrons. The Balaban J connectivity index is 2.14. The van der Waals surface area contributed by atoms with Crippen molar-refractivity contribution in [1.82, 2.24) is 5.32 Å². The van der Waals surface area contributed by atoms with Crippen molar-refractivity contribution >= 4 is 5.91 Å². The molecule has 2 rings (SSSR count). The second-order valence-electron chi connectivity index (χ2n) is 4.87. The molecule has 7 nitrogen and oxygen atoms in total. The van der Waals surface area contributed by atoms with Gasteiger partial charge in [0.25, 0.3) is 0 Å². The van der Waals surface area contributed by atoms with Gasteiger partial charge in [0.05, 0.1) is 6.61 Å². The summed E-state index contributed by atoms with van der Waals surface area (Å²) in [5.41, 5.74) is 0. The van der Waals surface area contributed by atoms with Crippen LogP contribution in [0.4, 0.5) is 0 Å². The molecule has 5 atom stereocenters. The van der Waals surface area contributed by atoms with E-state index in [1.54, 1.807) is 24.3 Å². The van der Waals surface area contributed by atoms with E-state index in [2.05, 4.69) is 5.32 Å². The molecule has 0 aliphatic carbocycles. The number of hydrogen-bond donors (Lipinski definition) is 4. The number of aliphatic hydroxyl groups excluding tert-OH is 3. The number of hydrogen-bond acceptors (Lipinski definition) is 6. The summed E-state index contributed by atoms with van der Waals surface area (Å²) in [5, 5.41) is 31.3. The normalized spacial score (nSPS) is 29.9. The Kier molecular flexibility index (Phi) is 5.13. The molecule has 1 aliphatic heterocycles. The Hall–Kier alpha value is -1.67. The van der Waals surface area contributed by atoms with Gasteiger partial charge in [-0.15, -0.1) is 0 Å². The van der Waals surface area contributed by atoms with Crippen LogP contribution in [0.1, 0.15) is 6.92 Å². The van der Waals surface area contributed by atoms with Gasteiger partial charge in [0.2, 0.25) is 12.2 Å². The summed E-state index contributed by atoms with van der Waals surface area (Å²) in [5.74, 6) is 0.146. The zero-order valence-corrected chi connectivity index (χ0v) is 11.5. The highest BCUT2D eigenvalue weighted by atomic mass is 16.7. The first-order valence-corrected chi connectivity index (χ1v) is 6.64. The van der Waals surface area contributed by atoms with Crippen molar-refractivity contribution in [3.05, 3.63) is 30.3 Å². The first-order valence-electron chi connectivity index (χ1n) is 6.64. The minimum absolute atomic E-state index is 0.358. The molecule has 1 aromatic rings. The fourth-order valence-corrected chi connectivity index (χ4v) is 2.23. The SMILES string of the molecule is CC(=O)NC1C(Oc2ccccc2)OC(C(O)CO)C1O. The van der Waals surface area contributed by atoms with Crippen LogP contribution in [0.3, 0.4) is 0 Å². The van der Waals surface area contributed by atoms with Crippen LogP contribution in [0.5, 0.6) is 5.75 Å². The van der Waals surface area contributed by atoms with E-state index in [0.29, 0.717) is 5.75 Å². The maximum atomic E-state index is 11.2. The second kappa shape index (κ2) is 6.86. The van der Waals surface area contributed by atoms with E-state index in [-0.39, 0.29) is 5.91 Å². The molecule has 1 amide bonds. The summed E-state index contributed by atoms with van der Waals surface area (Å²) in [6, 6.07) is 7.93. The molecule has 1 fully saturated rings. The van der Waals surface area contributed by atoms with Crippen LogP contribution in [0.15, 0.2) is 30.3 Å². The van der Waals surface area contributed by atoms with Gasteiger partial charge in [0.1, 0.15) is 30.1 Å². The van der Waals surface area contributed by atoms with Crippen LogP contribution >= 0.6 is 0 Å². The van der Waals surface area contributed by atoms with Gasteiger partial charge in [-0.1, -0.05) is 18.2 Å². The molecule has 4 N–H and O–H groups in total. The van der Waals surface area contributed by atoms with E-state index in [0.717, 1.165) is 0 Å². The van der Waals surface area contributed by atoms with Crippen LogP contribution < -0.4 is 10.1 Å². The third kappa shape index (κ3) is 3.70. The smallest absolute Gasteiger partial charge is 0.223 e. The van der Waals surface area contributed by atoms with Gasteiger partial charge in [0, 0.05) is 6.92 Å². The molecule has 1 saturated heterocycles. The minimum atomic E-state index is -1.26. The maximum absolute atomic E-state index is 11.2. The summed E-state index contributed by atoms with van der Waals surface area (Å²) >= 11 is 0. The van der Waals surface area contributed by atoms with Gasteiger partial charge in [-0.25, -0.2) is 0 Å².